The Morgan fingerprint density at radius 1 is 1.06 bits per heavy atom. The zero-order valence-electron chi connectivity index (χ0n) is 18.0. The number of amides is 5. The van der Waals surface area contributed by atoms with E-state index in [1.165, 1.54) is 17.0 Å². The Morgan fingerprint density at radius 3 is 2.53 bits per heavy atom. The van der Waals surface area contributed by atoms with Crippen LogP contribution in [0.2, 0.25) is 0 Å². The van der Waals surface area contributed by atoms with Crippen LogP contribution in [0.5, 0.6) is 0 Å². The number of rotatable bonds is 7. The van der Waals surface area contributed by atoms with Gasteiger partial charge < -0.3 is 10.6 Å². The molecule has 5 amide bonds. The van der Waals surface area contributed by atoms with Crippen LogP contribution in [0.3, 0.4) is 0 Å². The molecule has 1 aliphatic carbocycles. The van der Waals surface area contributed by atoms with Crippen molar-refractivity contribution in [2.75, 3.05) is 19.6 Å². The molecular formula is C22H30N4O5S. The molecule has 9 nitrogen and oxygen atoms in total. The molecular weight excluding hydrogens is 432 g/mol. The van der Waals surface area contributed by atoms with Crippen LogP contribution < -0.4 is 15.4 Å². The smallest absolute Gasteiger partial charge is 0.328 e. The number of sulfonamides is 1. The molecule has 3 N–H and O–H groups in total. The molecule has 0 spiro atoms. The van der Waals surface area contributed by atoms with Gasteiger partial charge in [-0.3, -0.25) is 9.69 Å². The van der Waals surface area contributed by atoms with Crippen LogP contribution in [0.25, 0.3) is 0 Å². The van der Waals surface area contributed by atoms with E-state index in [9.17, 15) is 22.8 Å². The second kappa shape index (κ2) is 11.1. The van der Waals surface area contributed by atoms with Gasteiger partial charge in [0.1, 0.15) is 0 Å². The standard InChI is InChI=1S/C22H30N4O5S/c27-20-8-4-5-15-26(20)22(29)23-14-13-17-9-11-19(12-10-17)32(30,31)25-21(28)24-16-18-6-2-1-3-7-18/h1-2,9-12,18H,3-8,13-16H2,(H,23,29)(H2,24,25,28). The number of likely N-dealkylation sites (tertiary alicyclic amines) is 1. The summed E-state index contributed by atoms with van der Waals surface area (Å²) in [5.41, 5.74) is 0.823. The van der Waals surface area contributed by atoms with E-state index in [4.69, 9.17) is 0 Å². The summed E-state index contributed by atoms with van der Waals surface area (Å²) >= 11 is 0. The van der Waals surface area contributed by atoms with Gasteiger partial charge in [0.05, 0.1) is 4.90 Å². The zero-order chi connectivity index (χ0) is 23.0. The first kappa shape index (κ1) is 23.8. The predicted octanol–water partition coefficient (Wildman–Crippen LogP) is 2.30. The maximum Gasteiger partial charge on any atom is 0.328 e. The van der Waals surface area contributed by atoms with Gasteiger partial charge in [-0.2, -0.15) is 0 Å². The zero-order valence-corrected chi connectivity index (χ0v) is 18.8. The maximum absolute atomic E-state index is 12.4. The lowest BCUT2D eigenvalue weighted by molar-refractivity contribution is -0.130. The minimum absolute atomic E-state index is 0.0139. The summed E-state index contributed by atoms with van der Waals surface area (Å²) in [5.74, 6) is 0.164. The second-order valence-corrected chi connectivity index (χ2v) is 9.78. The molecule has 32 heavy (non-hydrogen) atoms. The third-order valence-corrected chi connectivity index (χ3v) is 7.00. The number of hydrogen-bond acceptors (Lipinski definition) is 5. The molecule has 1 atom stereocenters. The average molecular weight is 463 g/mol. The van der Waals surface area contributed by atoms with Gasteiger partial charge >= 0.3 is 12.1 Å². The highest BCUT2D eigenvalue weighted by Crippen LogP contribution is 2.17. The number of hydrogen-bond donors (Lipinski definition) is 3. The minimum Gasteiger partial charge on any atom is -0.337 e. The number of urea groups is 2. The Hall–Kier alpha value is -2.88. The molecule has 1 saturated heterocycles. The molecule has 1 aromatic rings. The first-order valence-electron chi connectivity index (χ1n) is 11.0. The van der Waals surface area contributed by atoms with Crippen LogP contribution in [0.1, 0.15) is 44.1 Å². The summed E-state index contributed by atoms with van der Waals surface area (Å²) in [6, 6.07) is 4.99. The first-order valence-corrected chi connectivity index (χ1v) is 12.5. The fourth-order valence-electron chi connectivity index (χ4n) is 3.76. The lowest BCUT2D eigenvalue weighted by Crippen LogP contribution is -2.46. The highest BCUT2D eigenvalue weighted by Gasteiger charge is 2.24. The number of nitrogens with zero attached hydrogens (tertiary/aromatic N) is 1. The van der Waals surface area contributed by atoms with Crippen molar-refractivity contribution < 1.29 is 22.8 Å². The van der Waals surface area contributed by atoms with Gasteiger partial charge in [-0.15, -0.1) is 0 Å². The molecule has 0 bridgehead atoms. The topological polar surface area (TPSA) is 125 Å². The van der Waals surface area contributed by atoms with E-state index in [1.807, 2.05) is 4.72 Å². The summed E-state index contributed by atoms with van der Waals surface area (Å²) < 4.78 is 26.9. The van der Waals surface area contributed by atoms with Gasteiger partial charge in [-0.05, 0) is 62.1 Å². The quantitative estimate of drug-likeness (QED) is 0.536. The SMILES string of the molecule is O=C(NCC1CC=CCC1)NS(=O)(=O)c1ccc(CCNC(=O)N2CCCCC2=O)cc1. The van der Waals surface area contributed by atoms with Crippen molar-refractivity contribution in [3.63, 3.8) is 0 Å². The summed E-state index contributed by atoms with van der Waals surface area (Å²) in [7, 11) is -3.97. The fraction of sp³-hybridized carbons (Fsp3) is 0.500. The molecule has 0 saturated carbocycles. The Labute approximate surface area is 188 Å². The van der Waals surface area contributed by atoms with E-state index >= 15 is 0 Å². The fourth-order valence-corrected chi connectivity index (χ4v) is 4.69. The number of imide groups is 1. The number of allylic oxidation sites excluding steroid dienone is 2. The second-order valence-electron chi connectivity index (χ2n) is 8.09. The van der Waals surface area contributed by atoms with Crippen LogP contribution >= 0.6 is 0 Å². The van der Waals surface area contributed by atoms with Crippen LogP contribution in [0, 0.1) is 5.92 Å². The minimum atomic E-state index is -3.97. The highest BCUT2D eigenvalue weighted by molar-refractivity contribution is 7.90. The van der Waals surface area contributed by atoms with E-state index in [-0.39, 0.29) is 10.8 Å². The van der Waals surface area contributed by atoms with E-state index in [0.717, 1.165) is 37.7 Å². The van der Waals surface area contributed by atoms with Gasteiger partial charge in [0.25, 0.3) is 10.0 Å². The van der Waals surface area contributed by atoms with E-state index in [0.29, 0.717) is 38.4 Å². The first-order chi connectivity index (χ1) is 15.3. The number of benzene rings is 1. The van der Waals surface area contributed by atoms with Gasteiger partial charge in [-0.25, -0.2) is 22.7 Å². The van der Waals surface area contributed by atoms with Crippen LogP contribution in [0.15, 0.2) is 41.3 Å². The van der Waals surface area contributed by atoms with Crippen molar-refractivity contribution in [1.82, 2.24) is 20.3 Å². The van der Waals surface area contributed by atoms with Gasteiger partial charge in [0.15, 0.2) is 0 Å². The highest BCUT2D eigenvalue weighted by atomic mass is 32.2. The van der Waals surface area contributed by atoms with Crippen LogP contribution in [-0.4, -0.2) is 50.9 Å². The largest absolute Gasteiger partial charge is 0.337 e. The van der Waals surface area contributed by atoms with Crippen LogP contribution in [0.4, 0.5) is 9.59 Å². The molecule has 0 aromatic heterocycles. The third kappa shape index (κ3) is 6.81. The monoisotopic (exact) mass is 462 g/mol. The van der Waals surface area contributed by atoms with Gasteiger partial charge in [-0.1, -0.05) is 24.3 Å². The lowest BCUT2D eigenvalue weighted by atomic mass is 9.94. The van der Waals surface area contributed by atoms with Crippen molar-refractivity contribution in [1.29, 1.82) is 0 Å². The predicted molar refractivity (Wildman–Crippen MR) is 119 cm³/mol. The lowest BCUT2D eigenvalue weighted by Gasteiger charge is -2.24. The summed E-state index contributed by atoms with van der Waals surface area (Å²) in [6.07, 6.45) is 9.51. The van der Waals surface area contributed by atoms with Crippen LogP contribution in [-0.2, 0) is 21.2 Å². The molecule has 174 valence electrons. The van der Waals surface area contributed by atoms with Crippen molar-refractivity contribution in [3.05, 3.63) is 42.0 Å². The van der Waals surface area contributed by atoms with Crippen molar-refractivity contribution in [3.8, 4) is 0 Å². The molecule has 10 heteroatoms. The summed E-state index contributed by atoms with van der Waals surface area (Å²) in [4.78, 5) is 37.1. The molecule has 1 aromatic carbocycles. The third-order valence-electron chi connectivity index (χ3n) is 5.65. The van der Waals surface area contributed by atoms with Crippen molar-refractivity contribution >= 4 is 28.0 Å². The van der Waals surface area contributed by atoms with Crippen molar-refractivity contribution in [2.45, 2.75) is 49.8 Å². The normalized spacial score (nSPS) is 18.8. The number of carbonyl (C=O) groups excluding carboxylic acids is 3. The number of carbonyl (C=O) groups is 3. The summed E-state index contributed by atoms with van der Waals surface area (Å²) in [5, 5.41) is 5.35. The number of nitrogens with one attached hydrogen (secondary N) is 3. The van der Waals surface area contributed by atoms with E-state index in [1.54, 1.807) is 12.1 Å². The molecule has 1 unspecified atom stereocenters. The number of piperidine rings is 1. The Bertz CT molecular complexity index is 959. The average Bonchev–Trinajstić information content (AvgIpc) is 2.79. The Morgan fingerprint density at radius 2 is 1.84 bits per heavy atom. The molecule has 1 aliphatic heterocycles. The van der Waals surface area contributed by atoms with Crippen molar-refractivity contribution in [2.24, 2.45) is 5.92 Å². The summed E-state index contributed by atoms with van der Waals surface area (Å²) in [6.45, 7) is 1.20. The molecule has 0 radical (unpaired) electrons. The van der Waals surface area contributed by atoms with E-state index in [2.05, 4.69) is 22.8 Å². The van der Waals surface area contributed by atoms with E-state index < -0.39 is 22.1 Å². The molecule has 1 heterocycles. The molecule has 2 aliphatic rings. The molecule has 1 fully saturated rings. The molecule has 3 rings (SSSR count). The van der Waals surface area contributed by atoms with Gasteiger partial charge in [0, 0.05) is 26.1 Å². The maximum atomic E-state index is 12.4. The Kier molecular flexibility index (Phi) is 8.26. The Balaban J connectivity index is 1.44. The van der Waals surface area contributed by atoms with Gasteiger partial charge in [0.2, 0.25) is 5.91 Å².